The second kappa shape index (κ2) is 17.1. The van der Waals surface area contributed by atoms with Crippen LogP contribution in [0.2, 0.25) is 0 Å². The van der Waals surface area contributed by atoms with Gasteiger partial charge < -0.3 is 6.84 Å². The monoisotopic (exact) mass is 279 g/mol. The van der Waals surface area contributed by atoms with Gasteiger partial charge in [-0.05, 0) is 6.08 Å². The van der Waals surface area contributed by atoms with E-state index in [1.165, 1.54) is 0 Å². The SMILES string of the molecule is [Au+].[H-].[K+].[N-]=C=O. The van der Waals surface area contributed by atoms with Gasteiger partial charge in [-0.2, -0.15) is 0 Å². The quantitative estimate of drug-likeness (QED) is 0.265. The maximum absolute atomic E-state index is 8.24. The fourth-order valence-corrected chi connectivity index (χ4v) is 0. The molecule has 0 aliphatic rings. The fraction of sp³-hybridized carbons (Fsp3) is 0. The average molecular weight is 279 g/mol. The molecular weight excluding hydrogens is 278 g/mol. The molecule has 2 nitrogen and oxygen atoms in total. The molecule has 0 saturated carbocycles. The Hall–Kier alpha value is 1.76. The second-order valence-electron chi connectivity index (χ2n) is 0.0913. The van der Waals surface area contributed by atoms with Crippen LogP contribution in [-0.4, -0.2) is 6.08 Å². The van der Waals surface area contributed by atoms with Crippen molar-refractivity contribution in [3.05, 3.63) is 5.41 Å². The Labute approximate surface area is 89.6 Å². The van der Waals surface area contributed by atoms with Gasteiger partial charge in [-0.15, -0.1) is 0 Å². The van der Waals surface area contributed by atoms with E-state index in [4.69, 9.17) is 10.2 Å². The van der Waals surface area contributed by atoms with Gasteiger partial charge >= 0.3 is 73.8 Å². The summed E-state index contributed by atoms with van der Waals surface area (Å²) in [7, 11) is 0. The Morgan fingerprint density at radius 1 is 1.80 bits per heavy atom. The van der Waals surface area contributed by atoms with E-state index in [9.17, 15) is 0 Å². The number of isocyanates is 1. The third-order valence-corrected chi connectivity index (χ3v) is 0. The van der Waals surface area contributed by atoms with Gasteiger partial charge in [0.1, 0.15) is 0 Å². The molecule has 0 aromatic carbocycles. The van der Waals surface area contributed by atoms with Gasteiger partial charge in [0.15, 0.2) is 0 Å². The van der Waals surface area contributed by atoms with E-state index < -0.39 is 0 Å². The Balaban J connectivity index is -0.00000000667. The Bertz CT molecular complexity index is 36.5. The van der Waals surface area contributed by atoms with Crippen LogP contribution in [0.25, 0.3) is 5.41 Å². The second-order valence-corrected chi connectivity index (χ2v) is 0.0913. The van der Waals surface area contributed by atoms with Crippen LogP contribution in [0.1, 0.15) is 1.43 Å². The van der Waals surface area contributed by atoms with Crippen molar-refractivity contribution in [2.45, 2.75) is 0 Å². The van der Waals surface area contributed by atoms with Crippen molar-refractivity contribution in [1.82, 2.24) is 0 Å². The van der Waals surface area contributed by atoms with E-state index in [0.717, 1.165) is 0 Å². The van der Waals surface area contributed by atoms with E-state index in [0.29, 0.717) is 6.08 Å². The zero-order chi connectivity index (χ0) is 2.71. The molecule has 0 rings (SSSR count). The summed E-state index contributed by atoms with van der Waals surface area (Å²) < 4.78 is 0. The Kier molecular flexibility index (Phi) is 54.4. The maximum Gasteiger partial charge on any atom is 1.00 e. The largest absolute Gasteiger partial charge is 1.00 e. The minimum Gasteiger partial charge on any atom is -1.00 e. The molecule has 0 atom stereocenters. The van der Waals surface area contributed by atoms with Gasteiger partial charge in [0.25, 0.3) is 0 Å². The van der Waals surface area contributed by atoms with E-state index in [1.807, 2.05) is 0 Å². The summed E-state index contributed by atoms with van der Waals surface area (Å²) in [6.45, 7) is 0. The maximum atomic E-state index is 8.24. The Morgan fingerprint density at radius 3 is 1.80 bits per heavy atom. The first kappa shape index (κ1) is 15.9. The molecule has 28 valence electrons. The van der Waals surface area contributed by atoms with Crippen LogP contribution in [0.15, 0.2) is 0 Å². The molecule has 0 aliphatic heterocycles. The summed E-state index contributed by atoms with van der Waals surface area (Å²) in [6.07, 6.45) is 0.500. The van der Waals surface area contributed by atoms with Crippen molar-refractivity contribution in [3.8, 4) is 0 Å². The molecule has 0 radical (unpaired) electrons. The summed E-state index contributed by atoms with van der Waals surface area (Å²) >= 11 is 0. The number of hydrogen-bond donors (Lipinski definition) is 0. The molecule has 0 spiro atoms. The molecule has 0 fully saturated rings. The Morgan fingerprint density at radius 2 is 1.80 bits per heavy atom. The first-order valence-corrected chi connectivity index (χ1v) is 0.428. The smallest absolute Gasteiger partial charge is 1.00 e. The molecular formula is CHAuKNO. The standard InChI is InChI=1S/CNO.Au.K.H/c2-1-3;;;/q-1;2*+1;-1. The molecule has 4 heteroatoms. The fourth-order valence-electron chi connectivity index (χ4n) is 0. The van der Waals surface area contributed by atoms with Crippen molar-refractivity contribution >= 4 is 6.08 Å². The number of rotatable bonds is 0. The first-order valence-electron chi connectivity index (χ1n) is 0.428. The molecule has 5 heavy (non-hydrogen) atoms. The van der Waals surface area contributed by atoms with Gasteiger partial charge in [-0.3, -0.25) is 4.79 Å². The average Bonchev–Trinajstić information content (AvgIpc) is 0.918. The van der Waals surface area contributed by atoms with Crippen molar-refractivity contribution in [1.29, 1.82) is 0 Å². The summed E-state index contributed by atoms with van der Waals surface area (Å²) in [5.74, 6) is 0. The van der Waals surface area contributed by atoms with Crippen molar-refractivity contribution in [3.63, 3.8) is 0 Å². The van der Waals surface area contributed by atoms with E-state index in [1.54, 1.807) is 0 Å². The predicted octanol–water partition coefficient (Wildman–Crippen LogP) is -2.99. The molecule has 0 saturated heterocycles. The van der Waals surface area contributed by atoms with Crippen LogP contribution in [0, 0.1) is 0 Å². The number of carbonyl (C=O) groups excluding carboxylic acids is 1. The minimum atomic E-state index is 0. The molecule has 0 aliphatic carbocycles. The third kappa shape index (κ3) is 26.3. The topological polar surface area (TPSA) is 39.4 Å². The van der Waals surface area contributed by atoms with Crippen LogP contribution in [0.3, 0.4) is 0 Å². The van der Waals surface area contributed by atoms with Crippen molar-refractivity contribution < 1.29 is 80.0 Å². The van der Waals surface area contributed by atoms with Gasteiger partial charge in [0.2, 0.25) is 0 Å². The van der Waals surface area contributed by atoms with Gasteiger partial charge in [-0.25, -0.2) is 0 Å². The van der Waals surface area contributed by atoms with Gasteiger partial charge in [-0.1, -0.05) is 0 Å². The predicted molar refractivity (Wildman–Crippen MR) is 10.2 cm³/mol. The molecule has 0 aromatic rings. The summed E-state index contributed by atoms with van der Waals surface area (Å²) in [5, 5.41) is 6.76. The van der Waals surface area contributed by atoms with E-state index in [2.05, 4.69) is 0 Å². The van der Waals surface area contributed by atoms with Crippen LogP contribution >= 0.6 is 0 Å². The zero-order valence-corrected chi connectivity index (χ0v) is 7.95. The van der Waals surface area contributed by atoms with E-state index in [-0.39, 0.29) is 75.2 Å². The molecule has 0 heterocycles. The van der Waals surface area contributed by atoms with Crippen LogP contribution in [0.5, 0.6) is 0 Å². The van der Waals surface area contributed by atoms with Gasteiger partial charge in [0.05, 0.1) is 0 Å². The first-order chi connectivity index (χ1) is 1.41. The van der Waals surface area contributed by atoms with E-state index >= 15 is 0 Å². The summed E-state index contributed by atoms with van der Waals surface area (Å²) in [6, 6.07) is 0. The molecule has 0 amide bonds. The summed E-state index contributed by atoms with van der Waals surface area (Å²) in [5.41, 5.74) is 0. The number of nitrogens with zero attached hydrogens (tertiary/aromatic N) is 1. The van der Waals surface area contributed by atoms with Gasteiger partial charge in [0, 0.05) is 0 Å². The summed E-state index contributed by atoms with van der Waals surface area (Å²) in [4.78, 5) is 8.24. The van der Waals surface area contributed by atoms with Crippen LogP contribution in [0.4, 0.5) is 0 Å². The minimum absolute atomic E-state index is 0. The van der Waals surface area contributed by atoms with Crippen LogP contribution in [-0.2, 0) is 27.2 Å². The molecule has 0 bridgehead atoms. The number of hydrogen-bond acceptors (Lipinski definition) is 1. The molecule has 0 N–H and O–H groups in total. The van der Waals surface area contributed by atoms with Crippen molar-refractivity contribution in [2.75, 3.05) is 0 Å². The zero-order valence-electron chi connectivity index (χ0n) is 3.66. The third-order valence-electron chi connectivity index (χ3n) is 0. The molecule has 0 aromatic heterocycles. The van der Waals surface area contributed by atoms with Crippen LogP contribution < -0.4 is 51.4 Å². The normalized spacial score (nSPS) is 1.60. The van der Waals surface area contributed by atoms with Crippen molar-refractivity contribution in [2.24, 2.45) is 0 Å². The molecule has 0 unspecified atom stereocenters.